The third-order valence-corrected chi connectivity index (χ3v) is 3.62. The molecule has 2 aliphatic rings. The Bertz CT molecular complexity index is 501. The van der Waals surface area contributed by atoms with E-state index >= 15 is 0 Å². The number of aromatic nitrogens is 1. The SMILES string of the molecule is CNC(=O)c1ccc2c(n1)COC[C@H]1CNCCN21.Cl.Cl. The van der Waals surface area contributed by atoms with Gasteiger partial charge in [-0.3, -0.25) is 4.79 Å². The number of rotatable bonds is 1. The summed E-state index contributed by atoms with van der Waals surface area (Å²) in [6.45, 7) is 4.00. The molecule has 0 bridgehead atoms. The number of carbonyl (C=O) groups is 1. The van der Waals surface area contributed by atoms with Crippen LogP contribution >= 0.6 is 24.8 Å². The molecule has 1 aromatic heterocycles. The van der Waals surface area contributed by atoms with Gasteiger partial charge in [0.1, 0.15) is 5.69 Å². The molecule has 1 aromatic rings. The summed E-state index contributed by atoms with van der Waals surface area (Å²) in [5, 5.41) is 5.97. The van der Waals surface area contributed by atoms with Crippen LogP contribution in [-0.4, -0.2) is 50.2 Å². The zero-order chi connectivity index (χ0) is 13.2. The molecule has 1 saturated heterocycles. The summed E-state index contributed by atoms with van der Waals surface area (Å²) < 4.78 is 5.68. The highest BCUT2D eigenvalue weighted by molar-refractivity contribution is 5.92. The van der Waals surface area contributed by atoms with E-state index in [2.05, 4.69) is 20.5 Å². The normalized spacial score (nSPS) is 20.0. The topological polar surface area (TPSA) is 66.5 Å². The van der Waals surface area contributed by atoms with Crippen LogP contribution in [0.15, 0.2) is 12.1 Å². The lowest BCUT2D eigenvalue weighted by Crippen LogP contribution is -2.53. The van der Waals surface area contributed by atoms with Crippen LogP contribution in [0.4, 0.5) is 5.69 Å². The van der Waals surface area contributed by atoms with Crippen LogP contribution in [0.3, 0.4) is 0 Å². The predicted octanol–water partition coefficient (Wildman–Crippen LogP) is 0.593. The largest absolute Gasteiger partial charge is 0.373 e. The molecule has 2 aliphatic heterocycles. The highest BCUT2D eigenvalue weighted by Crippen LogP contribution is 2.26. The molecule has 1 atom stereocenters. The van der Waals surface area contributed by atoms with Crippen molar-refractivity contribution in [3.8, 4) is 0 Å². The molecule has 2 N–H and O–H groups in total. The molecule has 0 saturated carbocycles. The van der Waals surface area contributed by atoms with Gasteiger partial charge in [-0.05, 0) is 12.1 Å². The van der Waals surface area contributed by atoms with E-state index in [1.807, 2.05) is 6.07 Å². The Morgan fingerprint density at radius 2 is 2.29 bits per heavy atom. The van der Waals surface area contributed by atoms with Gasteiger partial charge in [0.05, 0.1) is 30.6 Å². The Kier molecular flexibility index (Phi) is 6.67. The van der Waals surface area contributed by atoms with Crippen LogP contribution in [0.5, 0.6) is 0 Å². The average Bonchev–Trinajstić information content (AvgIpc) is 2.65. The number of ether oxygens (including phenoxy) is 1. The fraction of sp³-hybridized carbons (Fsp3) is 0.538. The van der Waals surface area contributed by atoms with Crippen molar-refractivity contribution >= 4 is 36.4 Å². The van der Waals surface area contributed by atoms with Gasteiger partial charge >= 0.3 is 0 Å². The Hall–Kier alpha value is -1.08. The number of hydrogen-bond acceptors (Lipinski definition) is 5. The Labute approximate surface area is 136 Å². The first kappa shape index (κ1) is 18.0. The summed E-state index contributed by atoms with van der Waals surface area (Å²) >= 11 is 0. The molecular weight excluding hydrogens is 315 g/mol. The first-order valence-corrected chi connectivity index (χ1v) is 6.56. The number of amides is 1. The van der Waals surface area contributed by atoms with E-state index in [-0.39, 0.29) is 30.7 Å². The number of pyridine rings is 1. The Balaban J connectivity index is 0.00000110. The van der Waals surface area contributed by atoms with E-state index in [4.69, 9.17) is 4.74 Å². The van der Waals surface area contributed by atoms with Gasteiger partial charge < -0.3 is 20.3 Å². The van der Waals surface area contributed by atoms with Crippen LogP contribution in [0.1, 0.15) is 16.2 Å². The second kappa shape index (κ2) is 7.79. The molecule has 0 spiro atoms. The molecule has 21 heavy (non-hydrogen) atoms. The van der Waals surface area contributed by atoms with Crippen molar-refractivity contribution in [2.24, 2.45) is 0 Å². The molecule has 3 rings (SSSR count). The molecule has 0 aromatic carbocycles. The van der Waals surface area contributed by atoms with E-state index in [0.29, 0.717) is 24.9 Å². The first-order chi connectivity index (χ1) is 9.29. The smallest absolute Gasteiger partial charge is 0.269 e. The highest BCUT2D eigenvalue weighted by atomic mass is 35.5. The van der Waals surface area contributed by atoms with Gasteiger partial charge in [-0.25, -0.2) is 4.98 Å². The molecule has 3 heterocycles. The minimum Gasteiger partial charge on any atom is -0.373 e. The van der Waals surface area contributed by atoms with E-state index in [9.17, 15) is 4.79 Å². The zero-order valence-electron chi connectivity index (χ0n) is 11.8. The lowest BCUT2D eigenvalue weighted by Gasteiger charge is -2.36. The molecule has 0 unspecified atom stereocenters. The molecule has 6 nitrogen and oxygen atoms in total. The van der Waals surface area contributed by atoms with Crippen molar-refractivity contribution in [2.45, 2.75) is 12.6 Å². The second-order valence-corrected chi connectivity index (χ2v) is 4.81. The zero-order valence-corrected chi connectivity index (χ0v) is 13.4. The van der Waals surface area contributed by atoms with Gasteiger partial charge in [-0.1, -0.05) is 0 Å². The molecular formula is C13H20Cl2N4O2. The van der Waals surface area contributed by atoms with Crippen LogP contribution in [0, 0.1) is 0 Å². The van der Waals surface area contributed by atoms with E-state index in [1.54, 1.807) is 13.1 Å². The summed E-state index contributed by atoms with van der Waals surface area (Å²) in [5.41, 5.74) is 2.39. The molecule has 1 amide bonds. The quantitative estimate of drug-likeness (QED) is 0.787. The van der Waals surface area contributed by atoms with Gasteiger partial charge in [0.25, 0.3) is 5.91 Å². The Morgan fingerprint density at radius 3 is 3.05 bits per heavy atom. The van der Waals surface area contributed by atoms with Gasteiger partial charge in [0.2, 0.25) is 0 Å². The number of nitrogens with zero attached hydrogens (tertiary/aromatic N) is 2. The van der Waals surface area contributed by atoms with Crippen LogP contribution in [0.2, 0.25) is 0 Å². The fourth-order valence-corrected chi connectivity index (χ4v) is 2.63. The van der Waals surface area contributed by atoms with Gasteiger partial charge in [-0.15, -0.1) is 24.8 Å². The number of piperazine rings is 1. The number of hydrogen-bond donors (Lipinski definition) is 2. The van der Waals surface area contributed by atoms with Gasteiger partial charge in [0, 0.05) is 26.7 Å². The number of anilines is 1. The number of fused-ring (bicyclic) bond motifs is 3. The van der Waals surface area contributed by atoms with Crippen molar-refractivity contribution in [3.63, 3.8) is 0 Å². The van der Waals surface area contributed by atoms with E-state index < -0.39 is 0 Å². The minimum atomic E-state index is -0.163. The number of carbonyl (C=O) groups excluding carboxylic acids is 1. The lowest BCUT2D eigenvalue weighted by atomic mass is 10.1. The molecule has 118 valence electrons. The average molecular weight is 335 g/mol. The van der Waals surface area contributed by atoms with E-state index in [1.165, 1.54) is 0 Å². The van der Waals surface area contributed by atoms with Gasteiger partial charge in [-0.2, -0.15) is 0 Å². The first-order valence-electron chi connectivity index (χ1n) is 6.56. The molecule has 8 heteroatoms. The third-order valence-electron chi connectivity index (χ3n) is 3.62. The number of halogens is 2. The standard InChI is InChI=1S/C13H18N4O2.2ClH/c1-14-13(18)10-2-3-12-11(16-10)8-19-7-9-6-15-4-5-17(9)12;;/h2-3,9,15H,4-8H2,1H3,(H,14,18);2*1H/t9-;;/m1../s1. The highest BCUT2D eigenvalue weighted by Gasteiger charge is 2.28. The summed E-state index contributed by atoms with van der Waals surface area (Å²) in [7, 11) is 1.61. The van der Waals surface area contributed by atoms with Crippen LogP contribution in [-0.2, 0) is 11.3 Å². The summed E-state index contributed by atoms with van der Waals surface area (Å²) in [4.78, 5) is 18.4. The van der Waals surface area contributed by atoms with Crippen molar-refractivity contribution in [3.05, 3.63) is 23.5 Å². The lowest BCUT2D eigenvalue weighted by molar-refractivity contribution is 0.0954. The maximum Gasteiger partial charge on any atom is 0.269 e. The van der Waals surface area contributed by atoms with Crippen LogP contribution in [0.25, 0.3) is 0 Å². The van der Waals surface area contributed by atoms with Crippen molar-refractivity contribution in [2.75, 3.05) is 38.2 Å². The summed E-state index contributed by atoms with van der Waals surface area (Å²) in [6, 6.07) is 4.12. The minimum absolute atomic E-state index is 0. The Morgan fingerprint density at radius 1 is 1.48 bits per heavy atom. The third kappa shape index (κ3) is 3.58. The number of nitrogens with one attached hydrogen (secondary N) is 2. The van der Waals surface area contributed by atoms with Gasteiger partial charge in [0.15, 0.2) is 0 Å². The van der Waals surface area contributed by atoms with Crippen molar-refractivity contribution < 1.29 is 9.53 Å². The monoisotopic (exact) mass is 334 g/mol. The maximum atomic E-state index is 11.6. The fourth-order valence-electron chi connectivity index (χ4n) is 2.63. The summed E-state index contributed by atoms with van der Waals surface area (Å²) in [6.07, 6.45) is 0. The van der Waals surface area contributed by atoms with Crippen molar-refractivity contribution in [1.82, 2.24) is 15.6 Å². The van der Waals surface area contributed by atoms with Crippen molar-refractivity contribution in [1.29, 1.82) is 0 Å². The van der Waals surface area contributed by atoms with Crippen LogP contribution < -0.4 is 15.5 Å². The molecule has 1 fully saturated rings. The summed E-state index contributed by atoms with van der Waals surface area (Å²) in [5.74, 6) is -0.163. The predicted molar refractivity (Wildman–Crippen MR) is 85.8 cm³/mol. The second-order valence-electron chi connectivity index (χ2n) is 4.81. The molecule has 0 aliphatic carbocycles. The maximum absolute atomic E-state index is 11.6. The molecule has 0 radical (unpaired) electrons. The van der Waals surface area contributed by atoms with E-state index in [0.717, 1.165) is 31.0 Å².